The Morgan fingerprint density at radius 1 is 1.33 bits per heavy atom. The van der Waals surface area contributed by atoms with Crippen molar-refractivity contribution >= 4 is 33.7 Å². The lowest BCUT2D eigenvalue weighted by atomic mass is 9.97. The van der Waals surface area contributed by atoms with Gasteiger partial charge >= 0.3 is 6.09 Å². The van der Waals surface area contributed by atoms with Gasteiger partial charge in [-0.05, 0) is 40.8 Å². The molecule has 1 saturated heterocycles. The zero-order valence-electron chi connectivity index (χ0n) is 17.5. The molecule has 0 spiro atoms. The van der Waals surface area contributed by atoms with E-state index in [0.29, 0.717) is 12.8 Å². The summed E-state index contributed by atoms with van der Waals surface area (Å²) in [6.45, 7) is 3.88. The second-order valence-electron chi connectivity index (χ2n) is 7.86. The van der Waals surface area contributed by atoms with Crippen LogP contribution in [0.4, 0.5) is 4.79 Å². The van der Waals surface area contributed by atoms with Crippen LogP contribution in [0.1, 0.15) is 46.0 Å². The zero-order chi connectivity index (χ0) is 22.5. The van der Waals surface area contributed by atoms with E-state index in [1.807, 2.05) is 13.8 Å². The van der Waals surface area contributed by atoms with Gasteiger partial charge < -0.3 is 24.4 Å². The van der Waals surface area contributed by atoms with E-state index < -0.39 is 41.8 Å². The predicted octanol–water partition coefficient (Wildman–Crippen LogP) is 1.88. The molecule has 170 valence electrons. The summed E-state index contributed by atoms with van der Waals surface area (Å²) in [4.78, 5) is 38.8. The molecule has 2 heterocycles. The van der Waals surface area contributed by atoms with E-state index >= 15 is 0 Å². The smallest absolute Gasteiger partial charge is 0.417 e. The van der Waals surface area contributed by atoms with E-state index in [9.17, 15) is 19.5 Å². The van der Waals surface area contributed by atoms with Gasteiger partial charge in [-0.3, -0.25) is 9.59 Å². The Morgan fingerprint density at radius 3 is 2.60 bits per heavy atom. The number of ether oxygens (including phenoxy) is 3. The first-order chi connectivity index (χ1) is 14.2. The zero-order valence-corrected chi connectivity index (χ0v) is 19.1. The minimum Gasteiger partial charge on any atom is -0.447 e. The highest BCUT2D eigenvalue weighted by atomic mass is 79.9. The van der Waals surface area contributed by atoms with Gasteiger partial charge in [0.15, 0.2) is 23.8 Å². The molecule has 2 aliphatic heterocycles. The minimum atomic E-state index is -1.79. The average Bonchev–Trinajstić information content (AvgIpc) is 3.08. The SMILES string of the molecule is COC(C(=O)N1C(=O)OCC1C(C)C)C1OC(O)(CCCCCCO)C(Br)=CC1=O. The first-order valence-corrected chi connectivity index (χ1v) is 10.9. The van der Waals surface area contributed by atoms with Crippen LogP contribution in [0.5, 0.6) is 0 Å². The highest BCUT2D eigenvalue weighted by molar-refractivity contribution is 9.11. The molecule has 30 heavy (non-hydrogen) atoms. The minimum absolute atomic E-state index is 0.0502. The molecule has 2 amide bonds. The van der Waals surface area contributed by atoms with Crippen LogP contribution in [0.3, 0.4) is 0 Å². The van der Waals surface area contributed by atoms with Crippen LogP contribution in [0.2, 0.25) is 0 Å². The van der Waals surface area contributed by atoms with Crippen LogP contribution >= 0.6 is 15.9 Å². The third-order valence-electron chi connectivity index (χ3n) is 5.35. The third kappa shape index (κ3) is 5.47. The maximum atomic E-state index is 13.1. The van der Waals surface area contributed by atoms with E-state index in [4.69, 9.17) is 19.3 Å². The van der Waals surface area contributed by atoms with Crippen molar-refractivity contribution in [1.82, 2.24) is 4.90 Å². The number of carbonyl (C=O) groups excluding carboxylic acids is 3. The van der Waals surface area contributed by atoms with Gasteiger partial charge in [0, 0.05) is 20.1 Å². The quantitative estimate of drug-likeness (QED) is 0.444. The molecule has 10 heteroatoms. The molecule has 0 aromatic carbocycles. The molecule has 0 aromatic heterocycles. The molecule has 4 unspecified atom stereocenters. The number of hydrogen-bond donors (Lipinski definition) is 2. The number of unbranched alkanes of at least 4 members (excludes halogenated alkanes) is 3. The summed E-state index contributed by atoms with van der Waals surface area (Å²) in [5.41, 5.74) is 0. The molecule has 1 fully saturated rings. The lowest BCUT2D eigenvalue weighted by Gasteiger charge is -2.38. The van der Waals surface area contributed by atoms with Gasteiger partial charge in [0.25, 0.3) is 5.91 Å². The van der Waals surface area contributed by atoms with Crippen LogP contribution in [-0.2, 0) is 23.8 Å². The topological polar surface area (TPSA) is 123 Å². The van der Waals surface area contributed by atoms with Crippen molar-refractivity contribution in [1.29, 1.82) is 0 Å². The second kappa shape index (κ2) is 10.8. The number of rotatable bonds is 10. The summed E-state index contributed by atoms with van der Waals surface area (Å²) in [7, 11) is 1.24. The van der Waals surface area contributed by atoms with E-state index in [-0.39, 0.29) is 30.0 Å². The van der Waals surface area contributed by atoms with Crippen molar-refractivity contribution < 1.29 is 38.8 Å². The standard InChI is InChI=1S/C20H30BrNO8/c1-12(2)13-11-29-19(26)22(13)18(25)17(28-3)16-14(24)10-15(21)20(27,30-16)8-6-4-5-7-9-23/h10,12-13,16-17,23,27H,4-9,11H2,1-3H3. The highest BCUT2D eigenvalue weighted by Crippen LogP contribution is 2.36. The maximum Gasteiger partial charge on any atom is 0.417 e. The van der Waals surface area contributed by atoms with Gasteiger partial charge in [0.1, 0.15) is 6.61 Å². The molecular weight excluding hydrogens is 462 g/mol. The van der Waals surface area contributed by atoms with Crippen molar-refractivity contribution in [3.63, 3.8) is 0 Å². The fourth-order valence-corrected chi connectivity index (χ4v) is 4.05. The third-order valence-corrected chi connectivity index (χ3v) is 6.20. The van der Waals surface area contributed by atoms with Crippen molar-refractivity contribution in [3.8, 4) is 0 Å². The van der Waals surface area contributed by atoms with Crippen molar-refractivity contribution in [2.75, 3.05) is 20.3 Å². The summed E-state index contributed by atoms with van der Waals surface area (Å²) < 4.78 is 16.1. The molecule has 0 saturated carbocycles. The van der Waals surface area contributed by atoms with Gasteiger partial charge in [-0.2, -0.15) is 0 Å². The van der Waals surface area contributed by atoms with E-state index in [0.717, 1.165) is 17.7 Å². The van der Waals surface area contributed by atoms with Crippen LogP contribution < -0.4 is 0 Å². The molecule has 0 aromatic rings. The van der Waals surface area contributed by atoms with Crippen molar-refractivity contribution in [2.24, 2.45) is 5.92 Å². The lowest BCUT2D eigenvalue weighted by molar-refractivity contribution is -0.227. The number of hydrogen-bond acceptors (Lipinski definition) is 8. The molecule has 2 rings (SSSR count). The Bertz CT molecular complexity index is 682. The summed E-state index contributed by atoms with van der Waals surface area (Å²) >= 11 is 3.19. The van der Waals surface area contributed by atoms with Gasteiger partial charge in [0.2, 0.25) is 0 Å². The van der Waals surface area contributed by atoms with Crippen LogP contribution in [0.25, 0.3) is 0 Å². The summed E-state index contributed by atoms with van der Waals surface area (Å²) in [5, 5.41) is 19.8. The monoisotopic (exact) mass is 491 g/mol. The second-order valence-corrected chi connectivity index (χ2v) is 8.71. The number of amides is 2. The number of imide groups is 1. The van der Waals surface area contributed by atoms with Crippen LogP contribution in [0.15, 0.2) is 10.6 Å². The molecule has 2 aliphatic rings. The number of aliphatic hydroxyl groups excluding tert-OH is 1. The fourth-order valence-electron chi connectivity index (χ4n) is 3.53. The largest absolute Gasteiger partial charge is 0.447 e. The van der Waals surface area contributed by atoms with Crippen molar-refractivity contribution in [2.45, 2.75) is 70.0 Å². The first kappa shape index (κ1) is 24.9. The summed E-state index contributed by atoms with van der Waals surface area (Å²) in [5.74, 6) is -3.14. The molecule has 0 aliphatic carbocycles. The molecule has 0 bridgehead atoms. The number of cyclic esters (lactones) is 1. The van der Waals surface area contributed by atoms with Crippen LogP contribution in [-0.4, -0.2) is 77.3 Å². The van der Waals surface area contributed by atoms with Crippen molar-refractivity contribution in [3.05, 3.63) is 10.6 Å². The number of carbonyl (C=O) groups is 3. The Kier molecular flexibility index (Phi) is 8.98. The summed E-state index contributed by atoms with van der Waals surface area (Å²) in [6, 6.07) is -0.478. The average molecular weight is 492 g/mol. The van der Waals surface area contributed by atoms with Crippen LogP contribution in [0, 0.1) is 5.92 Å². The number of ketones is 1. The number of halogens is 1. The normalized spacial score (nSPS) is 28.0. The predicted molar refractivity (Wildman–Crippen MR) is 110 cm³/mol. The molecular formula is C20H30BrNO8. The first-order valence-electron chi connectivity index (χ1n) is 10.1. The molecule has 9 nitrogen and oxygen atoms in total. The Morgan fingerprint density at radius 2 is 2.00 bits per heavy atom. The Hall–Kier alpha value is -1.33. The number of methoxy groups -OCH3 is 1. The maximum absolute atomic E-state index is 13.1. The fraction of sp³-hybridized carbons (Fsp3) is 0.750. The number of aliphatic hydroxyl groups is 2. The number of nitrogens with zero attached hydrogens (tertiary/aromatic N) is 1. The molecule has 4 atom stereocenters. The lowest BCUT2D eigenvalue weighted by Crippen LogP contribution is -2.56. The highest BCUT2D eigenvalue weighted by Gasteiger charge is 2.50. The molecule has 2 N–H and O–H groups in total. The van der Waals surface area contributed by atoms with E-state index in [1.165, 1.54) is 13.2 Å². The van der Waals surface area contributed by atoms with E-state index in [2.05, 4.69) is 15.9 Å². The summed E-state index contributed by atoms with van der Waals surface area (Å²) in [6.07, 6.45) is 0.555. The van der Waals surface area contributed by atoms with E-state index in [1.54, 1.807) is 0 Å². The van der Waals surface area contributed by atoms with Gasteiger partial charge in [-0.25, -0.2) is 9.69 Å². The Labute approximate surface area is 184 Å². The Balaban J connectivity index is 2.17. The van der Waals surface area contributed by atoms with Gasteiger partial charge in [-0.1, -0.05) is 26.7 Å². The van der Waals surface area contributed by atoms with Gasteiger partial charge in [-0.15, -0.1) is 0 Å². The molecule has 0 radical (unpaired) electrons. The van der Waals surface area contributed by atoms with Gasteiger partial charge in [0.05, 0.1) is 10.5 Å².